The average molecular weight is 214 g/mol. The Balaban J connectivity index is 1.69. The monoisotopic (exact) mass is 214 g/mol. The van der Waals surface area contributed by atoms with Crippen molar-refractivity contribution in [3.05, 3.63) is 0 Å². The summed E-state index contributed by atoms with van der Waals surface area (Å²) in [6.07, 6.45) is 5.29. The lowest BCUT2D eigenvalue weighted by molar-refractivity contribution is -0.0205. The first-order valence-corrected chi connectivity index (χ1v) is 6.02. The van der Waals surface area contributed by atoms with Crippen LogP contribution in [-0.2, 0) is 9.57 Å². The van der Waals surface area contributed by atoms with Gasteiger partial charge in [-0.3, -0.25) is 9.74 Å². The molecule has 0 radical (unpaired) electrons. The third kappa shape index (κ3) is 2.91. The second kappa shape index (κ2) is 5.80. The van der Waals surface area contributed by atoms with Crippen LogP contribution in [0.2, 0.25) is 0 Å². The number of methoxy groups -OCH3 is 1. The van der Waals surface area contributed by atoms with E-state index < -0.39 is 0 Å². The van der Waals surface area contributed by atoms with Crippen molar-refractivity contribution in [2.75, 3.05) is 33.4 Å². The maximum atomic E-state index is 5.41. The van der Waals surface area contributed by atoms with Crippen LogP contribution in [0, 0.1) is 0 Å². The molecule has 0 amide bonds. The van der Waals surface area contributed by atoms with Crippen molar-refractivity contribution in [3.63, 3.8) is 0 Å². The lowest BCUT2D eigenvalue weighted by Gasteiger charge is -2.32. The zero-order chi connectivity index (χ0) is 10.5. The van der Waals surface area contributed by atoms with Gasteiger partial charge in [0.2, 0.25) is 0 Å². The van der Waals surface area contributed by atoms with Crippen LogP contribution in [0.25, 0.3) is 0 Å². The molecule has 0 aromatic carbocycles. The van der Waals surface area contributed by atoms with Gasteiger partial charge in [0.25, 0.3) is 0 Å². The molecule has 2 aliphatic rings. The molecule has 2 heterocycles. The van der Waals surface area contributed by atoms with Gasteiger partial charge in [0.05, 0.1) is 13.2 Å². The van der Waals surface area contributed by atoms with E-state index in [1.54, 1.807) is 7.11 Å². The molecule has 0 bridgehead atoms. The highest BCUT2D eigenvalue weighted by Gasteiger charge is 2.35. The summed E-state index contributed by atoms with van der Waals surface area (Å²) in [5.74, 6) is 0. The van der Waals surface area contributed by atoms with Crippen LogP contribution in [0.1, 0.15) is 25.7 Å². The summed E-state index contributed by atoms with van der Waals surface area (Å²) in [6, 6.07) is 1.24. The Bertz CT molecular complexity index is 189. The minimum atomic E-state index is 0.530. The molecule has 4 nitrogen and oxygen atoms in total. The number of nitrogens with zero attached hydrogens (tertiary/aromatic N) is 1. The number of nitrogens with one attached hydrogen (secondary N) is 1. The Morgan fingerprint density at radius 3 is 3.00 bits per heavy atom. The molecule has 0 aliphatic carbocycles. The van der Waals surface area contributed by atoms with Crippen molar-refractivity contribution >= 4 is 0 Å². The number of piperidine rings is 1. The number of hydroxylamine groups is 1. The third-order valence-electron chi connectivity index (χ3n) is 3.48. The summed E-state index contributed by atoms with van der Waals surface area (Å²) in [5, 5.41) is 0. The van der Waals surface area contributed by atoms with E-state index in [-0.39, 0.29) is 0 Å². The topological polar surface area (TPSA) is 33.7 Å². The fourth-order valence-electron chi connectivity index (χ4n) is 2.68. The van der Waals surface area contributed by atoms with E-state index in [0.717, 1.165) is 0 Å². The van der Waals surface area contributed by atoms with E-state index in [1.165, 1.54) is 38.8 Å². The molecule has 2 atom stereocenters. The molecule has 0 aromatic heterocycles. The fourth-order valence-corrected chi connectivity index (χ4v) is 2.68. The second-order valence-corrected chi connectivity index (χ2v) is 4.45. The molecule has 2 unspecified atom stereocenters. The van der Waals surface area contributed by atoms with Gasteiger partial charge in [-0.15, -0.1) is 0 Å². The van der Waals surface area contributed by atoms with E-state index in [4.69, 9.17) is 9.57 Å². The SMILES string of the molecule is COCCONC1CCN2CCCCC12. The summed E-state index contributed by atoms with van der Waals surface area (Å²) in [6.45, 7) is 3.81. The van der Waals surface area contributed by atoms with Gasteiger partial charge in [0.15, 0.2) is 0 Å². The summed E-state index contributed by atoms with van der Waals surface area (Å²) in [7, 11) is 1.70. The molecule has 1 N–H and O–H groups in total. The highest BCUT2D eigenvalue weighted by molar-refractivity contribution is 4.92. The molecule has 15 heavy (non-hydrogen) atoms. The van der Waals surface area contributed by atoms with Crippen molar-refractivity contribution < 1.29 is 9.57 Å². The molecule has 0 aromatic rings. The van der Waals surface area contributed by atoms with E-state index in [2.05, 4.69) is 10.4 Å². The first kappa shape index (κ1) is 11.3. The maximum Gasteiger partial charge on any atom is 0.0916 e. The average Bonchev–Trinajstić information content (AvgIpc) is 2.68. The Hall–Kier alpha value is -0.160. The summed E-state index contributed by atoms with van der Waals surface area (Å²) in [4.78, 5) is 8.00. The van der Waals surface area contributed by atoms with Crippen molar-refractivity contribution in [2.45, 2.75) is 37.8 Å². The Morgan fingerprint density at radius 2 is 2.13 bits per heavy atom. The zero-order valence-corrected chi connectivity index (χ0v) is 9.58. The molecule has 0 spiro atoms. The first-order chi connectivity index (χ1) is 7.42. The number of rotatable bonds is 5. The number of hydrogen-bond acceptors (Lipinski definition) is 4. The van der Waals surface area contributed by atoms with Crippen molar-refractivity contribution in [1.82, 2.24) is 10.4 Å². The van der Waals surface area contributed by atoms with Gasteiger partial charge in [-0.2, -0.15) is 5.48 Å². The van der Waals surface area contributed by atoms with Crippen LogP contribution >= 0.6 is 0 Å². The van der Waals surface area contributed by atoms with Crippen molar-refractivity contribution in [1.29, 1.82) is 0 Å². The van der Waals surface area contributed by atoms with E-state index in [0.29, 0.717) is 25.3 Å². The lowest BCUT2D eigenvalue weighted by atomic mass is 10.00. The predicted octanol–water partition coefficient (Wildman–Crippen LogP) is 0.781. The Kier molecular flexibility index (Phi) is 4.38. The van der Waals surface area contributed by atoms with Crippen molar-refractivity contribution in [3.8, 4) is 0 Å². The van der Waals surface area contributed by atoms with E-state index >= 15 is 0 Å². The first-order valence-electron chi connectivity index (χ1n) is 6.02. The molecule has 4 heteroatoms. The molecular formula is C11H22N2O2. The molecular weight excluding hydrogens is 192 g/mol. The van der Waals surface area contributed by atoms with Crippen LogP contribution < -0.4 is 5.48 Å². The third-order valence-corrected chi connectivity index (χ3v) is 3.48. The Morgan fingerprint density at radius 1 is 1.20 bits per heavy atom. The molecule has 2 rings (SSSR count). The van der Waals surface area contributed by atoms with Crippen LogP contribution in [0.3, 0.4) is 0 Å². The zero-order valence-electron chi connectivity index (χ0n) is 9.58. The number of fused-ring (bicyclic) bond motifs is 1. The van der Waals surface area contributed by atoms with Crippen LogP contribution in [0.5, 0.6) is 0 Å². The van der Waals surface area contributed by atoms with Gasteiger partial charge in [0.1, 0.15) is 0 Å². The fraction of sp³-hybridized carbons (Fsp3) is 1.00. The van der Waals surface area contributed by atoms with Crippen LogP contribution in [0.15, 0.2) is 0 Å². The summed E-state index contributed by atoms with van der Waals surface area (Å²) < 4.78 is 4.94. The van der Waals surface area contributed by atoms with Crippen molar-refractivity contribution in [2.24, 2.45) is 0 Å². The maximum absolute atomic E-state index is 5.41. The van der Waals surface area contributed by atoms with Gasteiger partial charge >= 0.3 is 0 Å². The van der Waals surface area contributed by atoms with Gasteiger partial charge in [-0.1, -0.05) is 6.42 Å². The van der Waals surface area contributed by atoms with Crippen LogP contribution in [-0.4, -0.2) is 50.4 Å². The largest absolute Gasteiger partial charge is 0.382 e. The minimum absolute atomic E-state index is 0.530. The lowest BCUT2D eigenvalue weighted by Crippen LogP contribution is -2.45. The normalized spacial score (nSPS) is 31.8. The molecule has 2 saturated heterocycles. The summed E-state index contributed by atoms with van der Waals surface area (Å²) in [5.41, 5.74) is 3.19. The van der Waals surface area contributed by atoms with Crippen LogP contribution in [0.4, 0.5) is 0 Å². The molecule has 2 aliphatic heterocycles. The minimum Gasteiger partial charge on any atom is -0.382 e. The summed E-state index contributed by atoms with van der Waals surface area (Å²) >= 11 is 0. The van der Waals surface area contributed by atoms with E-state index in [9.17, 15) is 0 Å². The van der Waals surface area contributed by atoms with Gasteiger partial charge in [-0.05, 0) is 25.8 Å². The quantitative estimate of drug-likeness (QED) is 0.542. The van der Waals surface area contributed by atoms with Gasteiger partial charge in [-0.25, -0.2) is 0 Å². The standard InChI is InChI=1S/C11H22N2O2/c1-14-8-9-15-12-10-5-7-13-6-3-2-4-11(10)13/h10-12H,2-9H2,1H3. The highest BCUT2D eigenvalue weighted by Crippen LogP contribution is 2.26. The second-order valence-electron chi connectivity index (χ2n) is 4.45. The molecule has 2 fully saturated rings. The number of ether oxygens (including phenoxy) is 1. The van der Waals surface area contributed by atoms with Gasteiger partial charge < -0.3 is 4.74 Å². The van der Waals surface area contributed by atoms with E-state index in [1.807, 2.05) is 0 Å². The van der Waals surface area contributed by atoms with Gasteiger partial charge in [0, 0.05) is 25.7 Å². The smallest absolute Gasteiger partial charge is 0.0916 e. The number of hydrogen-bond donors (Lipinski definition) is 1. The Labute approximate surface area is 91.9 Å². The molecule has 88 valence electrons. The molecule has 0 saturated carbocycles. The predicted molar refractivity (Wildman–Crippen MR) is 58.6 cm³/mol. The highest BCUT2D eigenvalue weighted by atomic mass is 16.7.